The molecule has 106 valence electrons. The number of carbonyl (C=O) groups excluding carboxylic acids is 1. The summed E-state index contributed by atoms with van der Waals surface area (Å²) in [5, 5.41) is 0.200. The zero-order valence-corrected chi connectivity index (χ0v) is 13.3. The Morgan fingerprint density at radius 1 is 1.42 bits per heavy atom. The van der Waals surface area contributed by atoms with Crippen LogP contribution in [0.3, 0.4) is 0 Å². The Balaban J connectivity index is 2.80. The summed E-state index contributed by atoms with van der Waals surface area (Å²) < 4.78 is 32.5. The Morgan fingerprint density at radius 3 is 2.63 bits per heavy atom. The molecule has 0 unspecified atom stereocenters. The summed E-state index contributed by atoms with van der Waals surface area (Å²) in [4.78, 5) is 11.2. The van der Waals surface area contributed by atoms with Gasteiger partial charge in [0.05, 0.1) is 16.8 Å². The van der Waals surface area contributed by atoms with Gasteiger partial charge in [-0.25, -0.2) is 9.52 Å². The topological polar surface area (TPSA) is 84.5 Å². The average Bonchev–Trinajstić information content (AvgIpc) is 2.20. The molecule has 19 heavy (non-hydrogen) atoms. The van der Waals surface area contributed by atoms with Gasteiger partial charge in [0.2, 0.25) is 0 Å². The molecule has 0 saturated heterocycles. The van der Waals surface area contributed by atoms with Gasteiger partial charge in [0.1, 0.15) is 0 Å². The van der Waals surface area contributed by atoms with Gasteiger partial charge in [0.25, 0.3) is 0 Å². The molecule has 1 rings (SSSR count). The molecule has 1 aromatic carbocycles. The van der Waals surface area contributed by atoms with Crippen LogP contribution < -0.4 is 9.44 Å². The van der Waals surface area contributed by atoms with Crippen LogP contribution in [-0.4, -0.2) is 20.6 Å². The van der Waals surface area contributed by atoms with Gasteiger partial charge < -0.3 is 4.74 Å². The van der Waals surface area contributed by atoms with Crippen LogP contribution in [0.25, 0.3) is 0 Å². The predicted octanol–water partition coefficient (Wildman–Crippen LogP) is 2.89. The Kier molecular flexibility index (Phi) is 5.45. The van der Waals surface area contributed by atoms with Gasteiger partial charge in [0, 0.05) is 4.47 Å². The number of amides is 1. The Bertz CT molecular complexity index is 577. The van der Waals surface area contributed by atoms with Crippen molar-refractivity contribution in [1.29, 1.82) is 0 Å². The lowest BCUT2D eigenvalue weighted by Gasteiger charge is -2.12. The zero-order valence-electron chi connectivity index (χ0n) is 10.1. The van der Waals surface area contributed by atoms with E-state index in [9.17, 15) is 13.2 Å². The van der Waals surface area contributed by atoms with Gasteiger partial charge in [-0.1, -0.05) is 27.5 Å². The standard InChI is InChI=1S/C10H12BrClN2O4S/c1-6(2)18-10(15)14-19(16,17)13-9-5-7(11)3-4-8(9)12/h3-6,13H,1-2H3,(H,14,15). The molecule has 9 heteroatoms. The highest BCUT2D eigenvalue weighted by Crippen LogP contribution is 2.26. The summed E-state index contributed by atoms with van der Waals surface area (Å²) >= 11 is 9.01. The molecule has 0 aliphatic rings. The number of nitrogens with one attached hydrogen (secondary N) is 2. The third kappa shape index (κ3) is 5.66. The molecule has 0 atom stereocenters. The van der Waals surface area contributed by atoms with E-state index in [-0.39, 0.29) is 10.7 Å². The van der Waals surface area contributed by atoms with Crippen LogP contribution in [0.15, 0.2) is 22.7 Å². The first-order valence-electron chi connectivity index (χ1n) is 5.16. The summed E-state index contributed by atoms with van der Waals surface area (Å²) in [6.45, 7) is 3.20. The summed E-state index contributed by atoms with van der Waals surface area (Å²) in [6.07, 6.45) is -1.49. The van der Waals surface area contributed by atoms with E-state index in [0.717, 1.165) is 0 Å². The predicted molar refractivity (Wildman–Crippen MR) is 76.4 cm³/mol. The second kappa shape index (κ2) is 6.44. The van der Waals surface area contributed by atoms with Crippen LogP contribution in [0.2, 0.25) is 5.02 Å². The fraction of sp³-hybridized carbons (Fsp3) is 0.300. The Labute approximate surface area is 124 Å². The highest BCUT2D eigenvalue weighted by atomic mass is 79.9. The third-order valence-corrected chi connectivity index (χ3v) is 3.48. The summed E-state index contributed by atoms with van der Waals surface area (Å²) in [5.41, 5.74) is 0.140. The van der Waals surface area contributed by atoms with Gasteiger partial charge in [-0.15, -0.1) is 0 Å². The molecule has 1 amide bonds. The summed E-state index contributed by atoms with van der Waals surface area (Å²) in [6, 6.07) is 4.63. The van der Waals surface area contributed by atoms with Crippen LogP contribution >= 0.6 is 27.5 Å². The van der Waals surface area contributed by atoms with Crippen LogP contribution in [0.1, 0.15) is 13.8 Å². The van der Waals surface area contributed by atoms with E-state index in [1.54, 1.807) is 24.6 Å². The first-order chi connectivity index (χ1) is 8.69. The van der Waals surface area contributed by atoms with E-state index in [4.69, 9.17) is 11.6 Å². The van der Waals surface area contributed by atoms with Crippen molar-refractivity contribution in [3.8, 4) is 0 Å². The lowest BCUT2D eigenvalue weighted by Crippen LogP contribution is -2.36. The molecule has 6 nitrogen and oxygen atoms in total. The minimum atomic E-state index is -4.10. The molecule has 0 heterocycles. The van der Waals surface area contributed by atoms with E-state index >= 15 is 0 Å². The normalized spacial score (nSPS) is 11.2. The molecular weight excluding hydrogens is 360 g/mol. The largest absolute Gasteiger partial charge is 0.446 e. The van der Waals surface area contributed by atoms with Crippen molar-refractivity contribution >= 4 is 49.5 Å². The second-order valence-corrected chi connectivity index (χ2v) is 6.52. The number of benzene rings is 1. The number of halogens is 2. The monoisotopic (exact) mass is 370 g/mol. The van der Waals surface area contributed by atoms with E-state index in [0.29, 0.717) is 4.47 Å². The van der Waals surface area contributed by atoms with E-state index in [1.165, 1.54) is 12.1 Å². The van der Waals surface area contributed by atoms with Gasteiger partial charge in [-0.3, -0.25) is 4.72 Å². The number of carbonyl (C=O) groups is 1. The van der Waals surface area contributed by atoms with Gasteiger partial charge in [-0.2, -0.15) is 8.42 Å². The fourth-order valence-corrected chi connectivity index (χ4v) is 2.45. The van der Waals surface area contributed by atoms with Gasteiger partial charge in [0.15, 0.2) is 0 Å². The molecular formula is C10H12BrClN2O4S. The second-order valence-electron chi connectivity index (χ2n) is 3.79. The molecule has 2 N–H and O–H groups in total. The zero-order chi connectivity index (χ0) is 14.6. The Morgan fingerprint density at radius 2 is 2.05 bits per heavy atom. The summed E-state index contributed by atoms with van der Waals surface area (Å²) in [7, 11) is -4.10. The van der Waals surface area contributed by atoms with Crippen LogP contribution in [0.4, 0.5) is 10.5 Å². The fourth-order valence-electron chi connectivity index (χ4n) is 1.09. The van der Waals surface area contributed by atoms with Crippen LogP contribution in [0, 0.1) is 0 Å². The molecule has 0 spiro atoms. The quantitative estimate of drug-likeness (QED) is 0.852. The van der Waals surface area contributed by atoms with E-state index < -0.39 is 22.4 Å². The van der Waals surface area contributed by atoms with Gasteiger partial charge >= 0.3 is 16.3 Å². The minimum Gasteiger partial charge on any atom is -0.446 e. The highest BCUT2D eigenvalue weighted by molar-refractivity contribution is 9.10. The van der Waals surface area contributed by atoms with E-state index in [1.807, 2.05) is 0 Å². The van der Waals surface area contributed by atoms with Crippen LogP contribution in [-0.2, 0) is 14.9 Å². The highest BCUT2D eigenvalue weighted by Gasteiger charge is 2.17. The summed E-state index contributed by atoms with van der Waals surface area (Å²) in [5.74, 6) is 0. The molecule has 0 aromatic heterocycles. The smallest absolute Gasteiger partial charge is 0.422 e. The van der Waals surface area contributed by atoms with E-state index in [2.05, 4.69) is 25.4 Å². The maximum Gasteiger partial charge on any atom is 0.422 e. The van der Waals surface area contributed by atoms with Crippen molar-refractivity contribution < 1.29 is 17.9 Å². The number of ether oxygens (including phenoxy) is 1. The molecule has 1 aromatic rings. The first-order valence-corrected chi connectivity index (χ1v) is 7.81. The van der Waals surface area contributed by atoms with Crippen molar-refractivity contribution in [3.63, 3.8) is 0 Å². The van der Waals surface area contributed by atoms with Crippen molar-refractivity contribution in [2.75, 3.05) is 4.72 Å². The molecule has 0 radical (unpaired) electrons. The van der Waals surface area contributed by atoms with Crippen molar-refractivity contribution in [3.05, 3.63) is 27.7 Å². The maximum absolute atomic E-state index is 11.7. The third-order valence-electron chi connectivity index (χ3n) is 1.73. The maximum atomic E-state index is 11.7. The molecule has 0 aliphatic heterocycles. The SMILES string of the molecule is CC(C)OC(=O)NS(=O)(=O)Nc1cc(Br)ccc1Cl. The number of rotatable bonds is 4. The lowest BCUT2D eigenvalue weighted by atomic mass is 10.3. The number of anilines is 1. The first kappa shape index (κ1) is 16.1. The molecule has 0 aliphatic carbocycles. The van der Waals surface area contributed by atoms with Gasteiger partial charge in [-0.05, 0) is 32.0 Å². The number of hydrogen-bond acceptors (Lipinski definition) is 4. The average molecular weight is 372 g/mol. The molecule has 0 bridgehead atoms. The molecule has 0 fully saturated rings. The minimum absolute atomic E-state index is 0.140. The Hall–Kier alpha value is -0.990. The lowest BCUT2D eigenvalue weighted by molar-refractivity contribution is 0.121. The van der Waals surface area contributed by atoms with Crippen LogP contribution in [0.5, 0.6) is 0 Å². The van der Waals surface area contributed by atoms with Crippen molar-refractivity contribution in [1.82, 2.24) is 4.72 Å². The molecule has 0 saturated carbocycles. The number of hydrogen-bond donors (Lipinski definition) is 2. The van der Waals surface area contributed by atoms with Crippen molar-refractivity contribution in [2.24, 2.45) is 0 Å². The van der Waals surface area contributed by atoms with Crippen molar-refractivity contribution in [2.45, 2.75) is 20.0 Å².